The van der Waals surface area contributed by atoms with E-state index in [1.807, 2.05) is 0 Å². The van der Waals surface area contributed by atoms with Gasteiger partial charge in [-0.15, -0.1) is 35.0 Å². The second-order valence-electron chi connectivity index (χ2n) is 6.65. The minimum absolute atomic E-state index is 0.209. The number of halogens is 2. The monoisotopic (exact) mass is 499 g/mol. The van der Waals surface area contributed by atoms with E-state index in [4.69, 9.17) is 38.0 Å². The van der Waals surface area contributed by atoms with Gasteiger partial charge in [-0.25, -0.2) is 9.76 Å². The molecule has 2 unspecified atom stereocenters. The summed E-state index contributed by atoms with van der Waals surface area (Å²) in [5.41, 5.74) is 5.63. The van der Waals surface area contributed by atoms with E-state index in [1.54, 1.807) is 4.67 Å². The Bertz CT molecular complexity index is 576. The Labute approximate surface area is 182 Å². The van der Waals surface area contributed by atoms with Crippen molar-refractivity contribution in [2.45, 2.75) is 49.9 Å². The molecule has 4 N–H and O–H groups in total. The molecule has 1 saturated carbocycles. The minimum atomic E-state index is -3.98. The summed E-state index contributed by atoms with van der Waals surface area (Å²) < 4.78 is 49.8. The molecule has 8 nitrogen and oxygen atoms in total. The van der Waals surface area contributed by atoms with Crippen molar-refractivity contribution in [3.63, 3.8) is 0 Å². The maximum Gasteiger partial charge on any atom is 0.344 e. The van der Waals surface area contributed by atoms with Crippen LogP contribution in [0.2, 0.25) is 0 Å². The van der Waals surface area contributed by atoms with E-state index in [9.17, 15) is 13.0 Å². The van der Waals surface area contributed by atoms with Crippen molar-refractivity contribution in [1.82, 2.24) is 9.76 Å². The summed E-state index contributed by atoms with van der Waals surface area (Å²) in [5.74, 6) is 0.467. The van der Waals surface area contributed by atoms with E-state index in [0.29, 0.717) is 43.9 Å². The molecule has 0 radical (unpaired) electrons. The average molecular weight is 500 g/mol. The van der Waals surface area contributed by atoms with E-state index in [-0.39, 0.29) is 16.9 Å². The Balaban J connectivity index is 0.000000467. The van der Waals surface area contributed by atoms with Gasteiger partial charge in [0.2, 0.25) is 0 Å². The second-order valence-corrected chi connectivity index (χ2v) is 12.4. The van der Waals surface area contributed by atoms with Crippen molar-refractivity contribution >= 4 is 52.8 Å². The lowest BCUT2D eigenvalue weighted by Crippen LogP contribution is -2.40. The molecule has 0 aromatic carbocycles. The summed E-state index contributed by atoms with van der Waals surface area (Å²) in [7, 11) is -7.19. The quantitative estimate of drug-likeness (QED) is 0.249. The van der Waals surface area contributed by atoms with Gasteiger partial charge in [-0.1, -0.05) is 19.3 Å². The first-order valence-electron chi connectivity index (χ1n) is 9.42. The zero-order valence-corrected chi connectivity index (χ0v) is 20.0. The fraction of sp³-hybridized carbons (Fsp3) is 1.00. The number of thioether (sulfide) groups is 1. The van der Waals surface area contributed by atoms with Gasteiger partial charge in [0.05, 0.1) is 17.7 Å². The third-order valence-corrected chi connectivity index (χ3v) is 9.32. The normalized spacial score (nSPS) is 26.7. The lowest BCUT2D eigenvalue weighted by Gasteiger charge is -2.36. The lowest BCUT2D eigenvalue weighted by molar-refractivity contribution is 0.227. The predicted molar refractivity (Wildman–Crippen MR) is 118 cm³/mol. The number of nitrogens with zero attached hydrogens (tertiary/aromatic N) is 1. The Hall–Kier alpha value is 0.910. The number of nitrogens with one attached hydrogen (secondary N) is 1. The van der Waals surface area contributed by atoms with Crippen LogP contribution in [0.1, 0.15) is 38.5 Å². The van der Waals surface area contributed by atoms with E-state index < -0.39 is 17.8 Å². The zero-order chi connectivity index (χ0) is 21.0. The van der Waals surface area contributed by atoms with Crippen LogP contribution >= 0.6 is 42.6 Å². The van der Waals surface area contributed by atoms with Gasteiger partial charge in [-0.05, 0) is 19.3 Å². The maximum atomic E-state index is 12.8. The molecule has 2 atom stereocenters. The molecule has 2 fully saturated rings. The smallest absolute Gasteiger partial charge is 0.328 e. The molecule has 168 valence electrons. The van der Waals surface area contributed by atoms with E-state index in [0.717, 1.165) is 0 Å². The molecule has 13 heteroatoms. The van der Waals surface area contributed by atoms with Gasteiger partial charge in [0, 0.05) is 36.6 Å². The molecule has 1 saturated heterocycles. The summed E-state index contributed by atoms with van der Waals surface area (Å²) >= 11 is 12.7. The summed E-state index contributed by atoms with van der Waals surface area (Å²) in [5, 5.41) is 2.71. The standard InChI is InChI=1S/C9H19Cl2N2O5PS2.C6H13N/c10-2-4-13(5-3-11)19(14)12-9(1-6-18-19)20-7-8-21(15,16)17;7-6-4-2-1-3-5-6/h9H,1-8H2,(H,12,14)(H,15,16,17);6H,1-5,7H2. The van der Waals surface area contributed by atoms with Gasteiger partial charge in [-0.2, -0.15) is 8.42 Å². The highest BCUT2D eigenvalue weighted by atomic mass is 35.5. The molecular formula is C15H32Cl2N3O5PS2. The highest BCUT2D eigenvalue weighted by Crippen LogP contribution is 2.50. The zero-order valence-electron chi connectivity index (χ0n) is 16.0. The summed E-state index contributed by atoms with van der Waals surface area (Å²) in [6, 6.07) is 0.536. The fourth-order valence-electron chi connectivity index (χ4n) is 2.85. The third-order valence-electron chi connectivity index (χ3n) is 4.32. The van der Waals surface area contributed by atoms with Crippen LogP contribution in [0.4, 0.5) is 0 Å². The molecule has 0 bridgehead atoms. The summed E-state index contributed by atoms with van der Waals surface area (Å²) in [6.45, 7) is 1.05. The highest BCUT2D eigenvalue weighted by Gasteiger charge is 2.37. The van der Waals surface area contributed by atoms with Crippen molar-refractivity contribution in [3.8, 4) is 0 Å². The van der Waals surface area contributed by atoms with Crippen molar-refractivity contribution in [1.29, 1.82) is 0 Å². The first-order chi connectivity index (χ1) is 13.2. The summed E-state index contributed by atoms with van der Waals surface area (Å²) in [6.07, 6.45) is 7.26. The van der Waals surface area contributed by atoms with E-state index in [2.05, 4.69) is 5.09 Å². The molecule has 0 amide bonds. The number of alkyl halides is 2. The molecule has 1 aliphatic heterocycles. The maximum absolute atomic E-state index is 12.8. The third kappa shape index (κ3) is 11.3. The first-order valence-corrected chi connectivity index (χ1v) is 14.7. The van der Waals surface area contributed by atoms with Crippen molar-refractivity contribution in [2.75, 3.05) is 43.0 Å². The fourth-order valence-corrected chi connectivity index (χ4v) is 7.94. The molecule has 1 aliphatic carbocycles. The van der Waals surface area contributed by atoms with Crippen molar-refractivity contribution in [3.05, 3.63) is 0 Å². The van der Waals surface area contributed by atoms with Gasteiger partial charge >= 0.3 is 7.67 Å². The molecule has 2 aliphatic rings. The topological polar surface area (TPSA) is 122 Å². The number of hydrogen-bond donors (Lipinski definition) is 3. The molecule has 0 aromatic heterocycles. The van der Waals surface area contributed by atoms with Crippen LogP contribution in [0, 0.1) is 0 Å². The van der Waals surface area contributed by atoms with Crippen LogP contribution in [0.25, 0.3) is 0 Å². The van der Waals surface area contributed by atoms with Crippen LogP contribution in [-0.4, -0.2) is 72.0 Å². The van der Waals surface area contributed by atoms with Crippen molar-refractivity contribution in [2.24, 2.45) is 5.73 Å². The Morgan fingerprint density at radius 2 is 1.79 bits per heavy atom. The van der Waals surface area contributed by atoms with Crippen LogP contribution in [0.15, 0.2) is 0 Å². The Kier molecular flexibility index (Phi) is 13.5. The molecule has 0 aromatic rings. The molecule has 28 heavy (non-hydrogen) atoms. The van der Waals surface area contributed by atoms with E-state index >= 15 is 0 Å². The Morgan fingerprint density at radius 3 is 2.25 bits per heavy atom. The summed E-state index contributed by atoms with van der Waals surface area (Å²) in [4.78, 5) is 0. The van der Waals surface area contributed by atoms with Gasteiger partial charge < -0.3 is 10.3 Å². The SMILES string of the molecule is NC1CCCCC1.O=P1(N(CCCl)CCCl)NC(SCCS(=O)(=O)O)CCO1. The first kappa shape index (κ1) is 26.9. The number of nitrogens with two attached hydrogens (primary N) is 1. The lowest BCUT2D eigenvalue weighted by atomic mass is 9.97. The van der Waals surface area contributed by atoms with Crippen LogP contribution in [0.5, 0.6) is 0 Å². The average Bonchev–Trinajstić information content (AvgIpc) is 2.62. The van der Waals surface area contributed by atoms with Gasteiger partial charge in [-0.3, -0.25) is 9.12 Å². The number of hydrogen-bond acceptors (Lipinski definition) is 6. The van der Waals surface area contributed by atoms with E-state index in [1.165, 1.54) is 43.9 Å². The Morgan fingerprint density at radius 1 is 1.18 bits per heavy atom. The number of rotatable bonds is 9. The molecule has 1 heterocycles. The van der Waals surface area contributed by atoms with Crippen LogP contribution in [0.3, 0.4) is 0 Å². The molecular weight excluding hydrogens is 468 g/mol. The van der Waals surface area contributed by atoms with Gasteiger partial charge in [0.1, 0.15) is 0 Å². The largest absolute Gasteiger partial charge is 0.344 e. The van der Waals surface area contributed by atoms with Crippen LogP contribution < -0.4 is 10.8 Å². The molecule has 2 rings (SSSR count). The predicted octanol–water partition coefficient (Wildman–Crippen LogP) is 3.11. The van der Waals surface area contributed by atoms with Crippen molar-refractivity contribution < 1.29 is 22.1 Å². The second kappa shape index (κ2) is 14.1. The van der Waals surface area contributed by atoms with Gasteiger partial charge in [0.15, 0.2) is 0 Å². The van der Waals surface area contributed by atoms with Gasteiger partial charge in [0.25, 0.3) is 10.1 Å². The highest BCUT2D eigenvalue weighted by molar-refractivity contribution is 8.01. The minimum Gasteiger partial charge on any atom is -0.328 e. The van der Waals surface area contributed by atoms with Crippen LogP contribution in [-0.2, 0) is 19.2 Å². The molecule has 0 spiro atoms.